The lowest BCUT2D eigenvalue weighted by atomic mass is 10.0. The largest absolute Gasteiger partial charge is 0.481 e. The highest BCUT2D eigenvalue weighted by molar-refractivity contribution is 5.77. The molecular weight excluding hydrogens is 236 g/mol. The van der Waals surface area contributed by atoms with Crippen LogP contribution in [0.2, 0.25) is 0 Å². The minimum absolute atomic E-state index is 0.0204. The summed E-state index contributed by atoms with van der Waals surface area (Å²) in [6.45, 7) is 0. The normalized spacial score (nSPS) is 12.6. The predicted octanol–water partition coefficient (Wildman–Crippen LogP) is 1.70. The SMILES string of the molecule is COc1nc2c(C(N)CCC(=O)O)cccc2o1. The molecule has 0 saturated heterocycles. The van der Waals surface area contributed by atoms with Crippen molar-refractivity contribution < 1.29 is 19.1 Å². The molecule has 1 aromatic carbocycles. The summed E-state index contributed by atoms with van der Waals surface area (Å²) in [4.78, 5) is 14.7. The Kier molecular flexibility index (Phi) is 3.47. The molecule has 6 heteroatoms. The summed E-state index contributed by atoms with van der Waals surface area (Å²) < 4.78 is 10.2. The molecule has 0 amide bonds. The number of carbonyl (C=O) groups is 1. The molecule has 1 atom stereocenters. The van der Waals surface area contributed by atoms with Gasteiger partial charge in [-0.15, -0.1) is 0 Å². The van der Waals surface area contributed by atoms with Gasteiger partial charge in [-0.2, -0.15) is 4.98 Å². The van der Waals surface area contributed by atoms with Crippen LogP contribution in [0.25, 0.3) is 11.1 Å². The van der Waals surface area contributed by atoms with Gasteiger partial charge in [0.05, 0.1) is 7.11 Å². The van der Waals surface area contributed by atoms with E-state index in [9.17, 15) is 4.79 Å². The second-order valence-corrected chi connectivity index (χ2v) is 3.92. The minimum Gasteiger partial charge on any atom is -0.481 e. The lowest BCUT2D eigenvalue weighted by molar-refractivity contribution is -0.137. The summed E-state index contributed by atoms with van der Waals surface area (Å²) >= 11 is 0. The van der Waals surface area contributed by atoms with Crippen molar-refractivity contribution >= 4 is 17.1 Å². The van der Waals surface area contributed by atoms with Gasteiger partial charge in [0.1, 0.15) is 5.52 Å². The number of nitrogens with two attached hydrogens (primary N) is 1. The van der Waals surface area contributed by atoms with Gasteiger partial charge in [-0.3, -0.25) is 4.79 Å². The van der Waals surface area contributed by atoms with Crippen molar-refractivity contribution in [3.8, 4) is 6.08 Å². The van der Waals surface area contributed by atoms with Gasteiger partial charge in [-0.05, 0) is 18.1 Å². The zero-order chi connectivity index (χ0) is 13.1. The molecule has 18 heavy (non-hydrogen) atoms. The van der Waals surface area contributed by atoms with Crippen LogP contribution < -0.4 is 10.5 Å². The van der Waals surface area contributed by atoms with Gasteiger partial charge in [0.25, 0.3) is 0 Å². The van der Waals surface area contributed by atoms with E-state index in [1.165, 1.54) is 7.11 Å². The van der Waals surface area contributed by atoms with Crippen LogP contribution in [-0.4, -0.2) is 23.2 Å². The summed E-state index contributed by atoms with van der Waals surface area (Å²) in [5.41, 5.74) is 7.94. The summed E-state index contributed by atoms with van der Waals surface area (Å²) in [7, 11) is 1.47. The molecule has 1 aromatic heterocycles. The number of hydrogen-bond acceptors (Lipinski definition) is 5. The summed E-state index contributed by atoms with van der Waals surface area (Å²) in [6.07, 6.45) is 0.541. The molecule has 0 aliphatic carbocycles. The topological polar surface area (TPSA) is 98.6 Å². The molecule has 0 saturated carbocycles. The van der Waals surface area contributed by atoms with Gasteiger partial charge in [-0.1, -0.05) is 12.1 Å². The number of benzene rings is 1. The Balaban J connectivity index is 2.31. The van der Waals surface area contributed by atoms with Crippen molar-refractivity contribution in [2.24, 2.45) is 5.73 Å². The van der Waals surface area contributed by atoms with Gasteiger partial charge in [0.2, 0.25) is 0 Å². The number of ether oxygens (including phenoxy) is 1. The van der Waals surface area contributed by atoms with E-state index in [2.05, 4.69) is 4.98 Å². The molecular formula is C12H14N2O4. The summed E-state index contributed by atoms with van der Waals surface area (Å²) in [5, 5.41) is 8.66. The number of methoxy groups -OCH3 is 1. The van der Waals surface area contributed by atoms with E-state index in [4.69, 9.17) is 20.0 Å². The lowest BCUT2D eigenvalue weighted by Crippen LogP contribution is -2.12. The summed E-state index contributed by atoms with van der Waals surface area (Å²) in [5.74, 6) is -0.865. The molecule has 0 radical (unpaired) electrons. The standard InChI is InChI=1S/C12H14N2O4/c1-17-12-14-11-7(3-2-4-9(11)18-12)8(13)5-6-10(15)16/h2-4,8H,5-6,13H2,1H3,(H,15,16). The molecule has 3 N–H and O–H groups in total. The molecule has 2 rings (SSSR count). The Morgan fingerprint density at radius 2 is 2.39 bits per heavy atom. The number of rotatable bonds is 5. The van der Waals surface area contributed by atoms with Crippen LogP contribution in [0.4, 0.5) is 0 Å². The fourth-order valence-corrected chi connectivity index (χ4v) is 1.77. The number of para-hydroxylation sites is 1. The van der Waals surface area contributed by atoms with Crippen molar-refractivity contribution in [1.29, 1.82) is 0 Å². The molecule has 0 bridgehead atoms. The molecule has 0 aliphatic heterocycles. The van der Waals surface area contributed by atoms with Crippen molar-refractivity contribution in [2.75, 3.05) is 7.11 Å². The zero-order valence-electron chi connectivity index (χ0n) is 9.92. The van der Waals surface area contributed by atoms with Crippen molar-refractivity contribution in [3.63, 3.8) is 0 Å². The highest BCUT2D eigenvalue weighted by Gasteiger charge is 2.16. The van der Waals surface area contributed by atoms with E-state index in [1.807, 2.05) is 6.07 Å². The van der Waals surface area contributed by atoms with Crippen LogP contribution in [0.1, 0.15) is 24.4 Å². The molecule has 96 valence electrons. The second kappa shape index (κ2) is 5.05. The molecule has 1 unspecified atom stereocenters. The van der Waals surface area contributed by atoms with Crippen molar-refractivity contribution in [1.82, 2.24) is 4.98 Å². The van der Waals surface area contributed by atoms with Crippen LogP contribution in [0.3, 0.4) is 0 Å². The fourth-order valence-electron chi connectivity index (χ4n) is 1.77. The molecule has 0 aliphatic rings. The van der Waals surface area contributed by atoms with Gasteiger partial charge >= 0.3 is 12.0 Å². The average Bonchev–Trinajstić information content (AvgIpc) is 2.78. The number of carboxylic acid groups (broad SMARTS) is 1. The third-order valence-corrected chi connectivity index (χ3v) is 2.67. The van der Waals surface area contributed by atoms with Gasteiger partial charge < -0.3 is 20.0 Å². The highest BCUT2D eigenvalue weighted by Crippen LogP contribution is 2.28. The first-order valence-corrected chi connectivity index (χ1v) is 5.52. The maximum absolute atomic E-state index is 10.5. The number of carboxylic acids is 1. The maximum Gasteiger partial charge on any atom is 0.394 e. The Hall–Kier alpha value is -2.08. The van der Waals surface area contributed by atoms with Crippen LogP contribution in [-0.2, 0) is 4.79 Å². The van der Waals surface area contributed by atoms with E-state index in [0.29, 0.717) is 17.5 Å². The summed E-state index contributed by atoms with van der Waals surface area (Å²) in [6, 6.07) is 4.98. The van der Waals surface area contributed by atoms with E-state index >= 15 is 0 Å². The lowest BCUT2D eigenvalue weighted by Gasteiger charge is -2.10. The number of nitrogens with zero attached hydrogens (tertiary/aromatic N) is 1. The Morgan fingerprint density at radius 3 is 3.06 bits per heavy atom. The number of fused-ring (bicyclic) bond motifs is 1. The van der Waals surface area contributed by atoms with Gasteiger partial charge in [-0.25, -0.2) is 0 Å². The number of aliphatic carboxylic acids is 1. The molecule has 2 aromatic rings. The number of oxazole rings is 1. The first-order valence-electron chi connectivity index (χ1n) is 5.52. The molecule has 1 heterocycles. The van der Waals surface area contributed by atoms with Crippen LogP contribution >= 0.6 is 0 Å². The van der Waals surface area contributed by atoms with E-state index in [1.54, 1.807) is 12.1 Å². The quantitative estimate of drug-likeness (QED) is 0.838. The van der Waals surface area contributed by atoms with E-state index in [-0.39, 0.29) is 18.5 Å². The first kappa shape index (κ1) is 12.4. The first-order chi connectivity index (χ1) is 8.61. The smallest absolute Gasteiger partial charge is 0.394 e. The van der Waals surface area contributed by atoms with E-state index < -0.39 is 5.97 Å². The monoisotopic (exact) mass is 250 g/mol. The Morgan fingerprint density at radius 1 is 1.61 bits per heavy atom. The highest BCUT2D eigenvalue weighted by atomic mass is 16.6. The Bertz CT molecular complexity index is 564. The maximum atomic E-state index is 10.5. The number of hydrogen-bond donors (Lipinski definition) is 2. The molecule has 6 nitrogen and oxygen atoms in total. The van der Waals surface area contributed by atoms with Crippen LogP contribution in [0.5, 0.6) is 6.08 Å². The number of aromatic nitrogens is 1. The minimum atomic E-state index is -0.865. The van der Waals surface area contributed by atoms with E-state index in [0.717, 1.165) is 5.56 Å². The van der Waals surface area contributed by atoms with Crippen LogP contribution in [0.15, 0.2) is 22.6 Å². The van der Waals surface area contributed by atoms with Crippen molar-refractivity contribution in [2.45, 2.75) is 18.9 Å². The Labute approximate surface area is 103 Å². The molecule has 0 fully saturated rings. The third kappa shape index (κ3) is 2.43. The van der Waals surface area contributed by atoms with Gasteiger partial charge in [0, 0.05) is 12.5 Å². The van der Waals surface area contributed by atoms with Crippen LogP contribution in [0, 0.1) is 0 Å². The van der Waals surface area contributed by atoms with Gasteiger partial charge in [0.15, 0.2) is 5.58 Å². The average molecular weight is 250 g/mol. The second-order valence-electron chi connectivity index (χ2n) is 3.92. The predicted molar refractivity (Wildman–Crippen MR) is 64.4 cm³/mol. The molecule has 0 spiro atoms. The third-order valence-electron chi connectivity index (χ3n) is 2.67. The zero-order valence-corrected chi connectivity index (χ0v) is 9.92. The fraction of sp³-hybridized carbons (Fsp3) is 0.333. The van der Waals surface area contributed by atoms with Crippen molar-refractivity contribution in [3.05, 3.63) is 23.8 Å².